The first-order chi connectivity index (χ1) is 12.3. The largest absolute Gasteiger partial charge is 0.490 e. The average Bonchev–Trinajstić information content (AvgIpc) is 3.03. The molecule has 0 amide bonds. The smallest absolute Gasteiger partial charge is 0.128 e. The van der Waals surface area contributed by atoms with Gasteiger partial charge in [-0.25, -0.2) is 0 Å². The van der Waals surface area contributed by atoms with Gasteiger partial charge in [-0.1, -0.05) is 30.3 Å². The Hall–Kier alpha value is -2.30. The molecule has 1 aliphatic heterocycles. The van der Waals surface area contributed by atoms with E-state index in [2.05, 4.69) is 34.1 Å². The molecule has 0 aliphatic carbocycles. The zero-order chi connectivity index (χ0) is 17.1. The first-order valence-corrected chi connectivity index (χ1v) is 8.96. The molecular weight excluding hydrogens is 312 g/mol. The van der Waals surface area contributed by atoms with Crippen LogP contribution in [0.25, 0.3) is 10.9 Å². The fourth-order valence-corrected chi connectivity index (χ4v) is 3.62. The van der Waals surface area contributed by atoms with Crippen molar-refractivity contribution in [3.8, 4) is 5.75 Å². The lowest BCUT2D eigenvalue weighted by Gasteiger charge is -2.23. The fourth-order valence-electron chi connectivity index (χ4n) is 3.62. The van der Waals surface area contributed by atoms with Crippen LogP contribution in [0.4, 0.5) is 0 Å². The molecule has 0 saturated heterocycles. The van der Waals surface area contributed by atoms with Crippen LogP contribution < -0.4 is 4.74 Å². The number of aromatic amines is 1. The first-order valence-electron chi connectivity index (χ1n) is 8.96. The Kier molecular flexibility index (Phi) is 4.72. The molecule has 1 atom stereocenters. The number of aromatic nitrogens is 1. The van der Waals surface area contributed by atoms with Crippen LogP contribution in [0.15, 0.2) is 54.7 Å². The van der Waals surface area contributed by atoms with Crippen LogP contribution >= 0.6 is 0 Å². The second-order valence-electron chi connectivity index (χ2n) is 6.73. The number of nitrogens with one attached hydrogen (secondary N) is 1. The molecule has 2 N–H and O–H groups in total. The highest BCUT2D eigenvalue weighted by molar-refractivity contribution is 5.85. The van der Waals surface area contributed by atoms with Gasteiger partial charge in [-0.05, 0) is 42.2 Å². The highest BCUT2D eigenvalue weighted by atomic mass is 16.5. The molecule has 0 radical (unpaired) electrons. The Morgan fingerprint density at radius 2 is 1.76 bits per heavy atom. The van der Waals surface area contributed by atoms with Gasteiger partial charge >= 0.3 is 0 Å². The molecule has 4 nitrogen and oxygen atoms in total. The Labute approximate surface area is 148 Å². The van der Waals surface area contributed by atoms with Crippen LogP contribution in [0, 0.1) is 0 Å². The van der Waals surface area contributed by atoms with Gasteiger partial charge in [0.25, 0.3) is 0 Å². The number of hydrogen-bond acceptors (Lipinski definition) is 3. The number of nitrogens with zero attached hydrogens (tertiary/aromatic N) is 1. The summed E-state index contributed by atoms with van der Waals surface area (Å²) in [5, 5.41) is 11.5. The van der Waals surface area contributed by atoms with Crippen LogP contribution in [0.5, 0.6) is 5.75 Å². The number of fused-ring (bicyclic) bond motifs is 2. The lowest BCUT2D eigenvalue weighted by atomic mass is 10.0. The summed E-state index contributed by atoms with van der Waals surface area (Å²) in [7, 11) is 0. The molecule has 0 unspecified atom stereocenters. The molecule has 3 aromatic rings. The number of benzene rings is 2. The minimum absolute atomic E-state index is 0.313. The number of aliphatic hydroxyl groups excluding tert-OH is 1. The van der Waals surface area contributed by atoms with Gasteiger partial charge in [0.2, 0.25) is 0 Å². The number of hydrogen-bond donors (Lipinski definition) is 2. The van der Waals surface area contributed by atoms with Crippen molar-refractivity contribution in [2.75, 3.05) is 26.2 Å². The molecule has 2 aromatic carbocycles. The van der Waals surface area contributed by atoms with Gasteiger partial charge in [-0.15, -0.1) is 0 Å². The maximum absolute atomic E-state index is 10.4. The summed E-state index contributed by atoms with van der Waals surface area (Å²) in [4.78, 5) is 5.52. The molecule has 0 bridgehead atoms. The Bertz CT molecular complexity index is 816. The van der Waals surface area contributed by atoms with Crippen LogP contribution in [0.2, 0.25) is 0 Å². The highest BCUT2D eigenvalue weighted by Gasteiger charge is 2.17. The molecule has 1 aromatic heterocycles. The molecule has 1 aliphatic rings. The van der Waals surface area contributed by atoms with E-state index in [-0.39, 0.29) is 0 Å². The zero-order valence-corrected chi connectivity index (χ0v) is 14.3. The van der Waals surface area contributed by atoms with Crippen molar-refractivity contribution in [3.05, 3.63) is 65.9 Å². The van der Waals surface area contributed by atoms with E-state index in [4.69, 9.17) is 4.74 Å². The van der Waals surface area contributed by atoms with Crippen LogP contribution in [0.1, 0.15) is 11.1 Å². The molecule has 2 heterocycles. The third-order valence-corrected chi connectivity index (χ3v) is 4.97. The molecule has 0 saturated carbocycles. The summed E-state index contributed by atoms with van der Waals surface area (Å²) in [6, 6.07) is 16.6. The van der Waals surface area contributed by atoms with E-state index in [0.29, 0.717) is 13.2 Å². The van der Waals surface area contributed by atoms with Crippen LogP contribution in [-0.4, -0.2) is 47.3 Å². The summed E-state index contributed by atoms with van der Waals surface area (Å²) >= 11 is 0. The summed E-state index contributed by atoms with van der Waals surface area (Å²) in [6.07, 6.45) is 3.51. The van der Waals surface area contributed by atoms with Crippen molar-refractivity contribution in [1.29, 1.82) is 0 Å². The van der Waals surface area contributed by atoms with Crippen LogP contribution in [-0.2, 0) is 12.8 Å². The summed E-state index contributed by atoms with van der Waals surface area (Å²) in [5.41, 5.74) is 3.93. The Balaban J connectivity index is 1.32. The van der Waals surface area contributed by atoms with Crippen molar-refractivity contribution in [2.45, 2.75) is 18.9 Å². The van der Waals surface area contributed by atoms with E-state index < -0.39 is 6.10 Å². The lowest BCUT2D eigenvalue weighted by Crippen LogP contribution is -2.37. The van der Waals surface area contributed by atoms with Gasteiger partial charge in [-0.3, -0.25) is 4.90 Å². The standard InChI is InChI=1S/C21H24N2O2/c24-18(15-25-21-7-3-6-20-19(21)8-11-22-20)14-23-12-9-16-4-1-2-5-17(16)10-13-23/h1-8,11,18,22,24H,9-10,12-15H2/t18-/m0/s1. The molecular formula is C21H24N2O2. The van der Waals surface area contributed by atoms with Crippen molar-refractivity contribution in [1.82, 2.24) is 9.88 Å². The van der Waals surface area contributed by atoms with E-state index in [0.717, 1.165) is 42.6 Å². The minimum atomic E-state index is -0.490. The van der Waals surface area contributed by atoms with Crippen LogP contribution in [0.3, 0.4) is 0 Å². The normalized spacial score (nSPS) is 16.4. The maximum atomic E-state index is 10.4. The van der Waals surface area contributed by atoms with Gasteiger partial charge in [-0.2, -0.15) is 0 Å². The second kappa shape index (κ2) is 7.30. The monoisotopic (exact) mass is 336 g/mol. The maximum Gasteiger partial charge on any atom is 0.128 e. The summed E-state index contributed by atoms with van der Waals surface area (Å²) in [5.74, 6) is 0.820. The topological polar surface area (TPSA) is 48.5 Å². The molecule has 4 rings (SSSR count). The number of H-pyrrole nitrogens is 1. The van der Waals surface area contributed by atoms with E-state index in [1.807, 2.05) is 30.5 Å². The Morgan fingerprint density at radius 3 is 2.52 bits per heavy atom. The zero-order valence-electron chi connectivity index (χ0n) is 14.3. The predicted molar refractivity (Wildman–Crippen MR) is 100 cm³/mol. The van der Waals surface area contributed by atoms with Crippen molar-refractivity contribution in [2.24, 2.45) is 0 Å². The number of rotatable bonds is 5. The highest BCUT2D eigenvalue weighted by Crippen LogP contribution is 2.24. The van der Waals surface area contributed by atoms with E-state index in [1.165, 1.54) is 11.1 Å². The molecule has 4 heteroatoms. The van der Waals surface area contributed by atoms with Gasteiger partial charge in [0.15, 0.2) is 0 Å². The number of aliphatic hydroxyl groups is 1. The van der Waals surface area contributed by atoms with Gasteiger partial charge in [0.1, 0.15) is 18.5 Å². The lowest BCUT2D eigenvalue weighted by molar-refractivity contribution is 0.0702. The van der Waals surface area contributed by atoms with Crippen molar-refractivity contribution in [3.63, 3.8) is 0 Å². The number of ether oxygens (including phenoxy) is 1. The molecule has 130 valence electrons. The SMILES string of the molecule is O[C@H](COc1cccc2[nH]ccc12)CN1CCc2ccccc2CC1. The average molecular weight is 336 g/mol. The third-order valence-electron chi connectivity index (χ3n) is 4.97. The van der Waals surface area contributed by atoms with Gasteiger partial charge in [0.05, 0.1) is 0 Å². The third kappa shape index (κ3) is 3.70. The first kappa shape index (κ1) is 16.2. The minimum Gasteiger partial charge on any atom is -0.490 e. The van der Waals surface area contributed by atoms with Crippen molar-refractivity contribution < 1.29 is 9.84 Å². The predicted octanol–water partition coefficient (Wildman–Crippen LogP) is 3.01. The number of β-amino-alcohol motifs (C(OH)–C–C–N with tert-alkyl or cyclic N) is 1. The fraction of sp³-hybridized carbons (Fsp3) is 0.333. The summed E-state index contributed by atoms with van der Waals surface area (Å²) in [6.45, 7) is 2.94. The van der Waals surface area contributed by atoms with Gasteiger partial charge < -0.3 is 14.8 Å². The summed E-state index contributed by atoms with van der Waals surface area (Å²) < 4.78 is 5.88. The quantitative estimate of drug-likeness (QED) is 0.753. The molecule has 25 heavy (non-hydrogen) atoms. The second-order valence-corrected chi connectivity index (χ2v) is 6.73. The van der Waals surface area contributed by atoms with E-state index in [9.17, 15) is 5.11 Å². The van der Waals surface area contributed by atoms with Gasteiger partial charge in [0, 0.05) is 36.7 Å². The molecule has 0 spiro atoms. The van der Waals surface area contributed by atoms with Crippen molar-refractivity contribution >= 4 is 10.9 Å². The van der Waals surface area contributed by atoms with E-state index in [1.54, 1.807) is 0 Å². The molecule has 0 fully saturated rings. The van der Waals surface area contributed by atoms with E-state index >= 15 is 0 Å². The Morgan fingerprint density at radius 1 is 1.00 bits per heavy atom.